The molecule has 0 aromatic heterocycles. The van der Waals surface area contributed by atoms with Gasteiger partial charge < -0.3 is 42.7 Å². The number of benzene rings is 1. The maximum Gasteiger partial charge on any atom is 0.244 e. The standard InChI is InChI=1S/C30H50N8O7S/c1-19(35-30(45)25(17-46)36-21(3)40)26(41)34-20(2)27(42)37-24(29(44)33-14-15-38(4)18-39)12-8-9-13-32-28(43)23(31)16-22-10-6-5-7-11-22/h5-7,10-11,19-20,23-25,39,46H,8-9,12-18,31H2,1-4H3,(H,32,43)(H,33,44)(H,34,41)(H,35,45)(H,36,40)(H,37,42)/t19-,20-,23?,24-,25-/m0/s1. The van der Waals surface area contributed by atoms with Gasteiger partial charge in [-0.3, -0.25) is 33.7 Å². The van der Waals surface area contributed by atoms with Crippen LogP contribution in [-0.4, -0.2) is 115 Å². The second-order valence-corrected chi connectivity index (χ2v) is 11.4. The van der Waals surface area contributed by atoms with Crippen LogP contribution in [0.25, 0.3) is 0 Å². The largest absolute Gasteiger partial charge is 0.381 e. The van der Waals surface area contributed by atoms with Gasteiger partial charge in [0.05, 0.1) is 12.8 Å². The number of hydrogen-bond donors (Lipinski definition) is 9. The van der Waals surface area contributed by atoms with Gasteiger partial charge in [-0.25, -0.2) is 0 Å². The van der Waals surface area contributed by atoms with E-state index in [1.165, 1.54) is 20.8 Å². The average molecular weight is 667 g/mol. The summed E-state index contributed by atoms with van der Waals surface area (Å²) in [6.07, 6.45) is 1.65. The number of thiol groups is 1. The SMILES string of the molecule is CC(=O)N[C@@H](CS)C(=O)N[C@@H](C)C(=O)N[C@@H](C)C(=O)N[C@@H](CCCCNC(=O)C(N)Cc1ccccc1)C(=O)NCCN(C)CO. The van der Waals surface area contributed by atoms with E-state index in [4.69, 9.17) is 5.73 Å². The molecule has 1 unspecified atom stereocenters. The Morgan fingerprint density at radius 1 is 0.804 bits per heavy atom. The van der Waals surface area contributed by atoms with E-state index in [1.807, 2.05) is 30.3 Å². The van der Waals surface area contributed by atoms with Crippen molar-refractivity contribution in [2.24, 2.45) is 5.73 Å². The summed E-state index contributed by atoms with van der Waals surface area (Å²) in [6, 6.07) is 4.78. The number of unbranched alkanes of at least 4 members (excludes halogenated alkanes) is 1. The average Bonchev–Trinajstić information content (AvgIpc) is 3.02. The number of rotatable bonds is 21. The van der Waals surface area contributed by atoms with Gasteiger partial charge in [-0.1, -0.05) is 30.3 Å². The van der Waals surface area contributed by atoms with Crippen molar-refractivity contribution < 1.29 is 33.9 Å². The Hall–Kier alpha value is -3.73. The number of amides is 6. The van der Waals surface area contributed by atoms with Gasteiger partial charge in [0.2, 0.25) is 35.4 Å². The fourth-order valence-corrected chi connectivity index (χ4v) is 4.39. The van der Waals surface area contributed by atoms with E-state index < -0.39 is 59.7 Å². The predicted molar refractivity (Wildman–Crippen MR) is 176 cm³/mol. The van der Waals surface area contributed by atoms with Crippen molar-refractivity contribution in [3.05, 3.63) is 35.9 Å². The number of nitrogens with one attached hydrogen (secondary N) is 6. The lowest BCUT2D eigenvalue weighted by Gasteiger charge is -2.23. The zero-order valence-corrected chi connectivity index (χ0v) is 27.9. The smallest absolute Gasteiger partial charge is 0.244 e. The van der Waals surface area contributed by atoms with Crippen LogP contribution in [0.1, 0.15) is 45.6 Å². The van der Waals surface area contributed by atoms with Crippen LogP contribution in [0.3, 0.4) is 0 Å². The van der Waals surface area contributed by atoms with Gasteiger partial charge in [0.1, 0.15) is 24.2 Å². The van der Waals surface area contributed by atoms with Crippen LogP contribution in [0.4, 0.5) is 0 Å². The first-order chi connectivity index (χ1) is 21.8. The van der Waals surface area contributed by atoms with Crippen LogP contribution in [0, 0.1) is 0 Å². The topological polar surface area (TPSA) is 224 Å². The number of aliphatic hydroxyl groups excluding tert-OH is 1. The molecule has 0 aliphatic rings. The fourth-order valence-electron chi connectivity index (χ4n) is 4.13. The molecule has 15 nitrogen and oxygen atoms in total. The lowest BCUT2D eigenvalue weighted by Crippen LogP contribution is -2.57. The summed E-state index contributed by atoms with van der Waals surface area (Å²) >= 11 is 4.04. The Labute approximate surface area is 276 Å². The summed E-state index contributed by atoms with van der Waals surface area (Å²) in [5.41, 5.74) is 6.98. The minimum atomic E-state index is -1.05. The van der Waals surface area contributed by atoms with E-state index in [1.54, 1.807) is 11.9 Å². The molecular weight excluding hydrogens is 616 g/mol. The highest BCUT2D eigenvalue weighted by atomic mass is 32.1. The van der Waals surface area contributed by atoms with Gasteiger partial charge in [0.15, 0.2) is 0 Å². The predicted octanol–water partition coefficient (Wildman–Crippen LogP) is -2.23. The molecule has 46 heavy (non-hydrogen) atoms. The minimum Gasteiger partial charge on any atom is -0.381 e. The van der Waals surface area contributed by atoms with Gasteiger partial charge in [-0.15, -0.1) is 0 Å². The molecular formula is C30H50N8O7S. The maximum absolute atomic E-state index is 13.0. The van der Waals surface area contributed by atoms with Gasteiger partial charge in [-0.05, 0) is 52.1 Å². The number of carbonyl (C=O) groups is 6. The molecule has 0 aliphatic carbocycles. The summed E-state index contributed by atoms with van der Waals surface area (Å²) in [6.45, 7) is 4.87. The van der Waals surface area contributed by atoms with Crippen molar-refractivity contribution >= 4 is 48.1 Å². The van der Waals surface area contributed by atoms with E-state index in [0.717, 1.165) is 5.56 Å². The maximum atomic E-state index is 13.0. The molecule has 0 bridgehead atoms. The van der Waals surface area contributed by atoms with E-state index in [9.17, 15) is 33.9 Å². The molecule has 9 N–H and O–H groups in total. The molecule has 0 aliphatic heterocycles. The molecule has 1 aromatic rings. The summed E-state index contributed by atoms with van der Waals surface area (Å²) in [7, 11) is 1.68. The first kappa shape index (κ1) is 40.3. The Morgan fingerprint density at radius 2 is 1.39 bits per heavy atom. The van der Waals surface area contributed by atoms with Gasteiger partial charge >= 0.3 is 0 Å². The zero-order chi connectivity index (χ0) is 34.6. The molecule has 0 saturated carbocycles. The Bertz CT molecular complexity index is 1140. The summed E-state index contributed by atoms with van der Waals surface area (Å²) in [5, 5.41) is 24.8. The van der Waals surface area contributed by atoms with Crippen molar-refractivity contribution in [3.63, 3.8) is 0 Å². The first-order valence-corrected chi connectivity index (χ1v) is 15.9. The quantitative estimate of drug-likeness (QED) is 0.0393. The second-order valence-electron chi connectivity index (χ2n) is 11.1. The number of nitrogens with zero attached hydrogens (tertiary/aromatic N) is 1. The number of carbonyl (C=O) groups excluding carboxylic acids is 6. The van der Waals surface area contributed by atoms with E-state index in [-0.39, 0.29) is 31.4 Å². The second kappa shape index (κ2) is 21.9. The third-order valence-corrected chi connectivity index (χ3v) is 7.27. The van der Waals surface area contributed by atoms with Crippen molar-refractivity contribution in [1.82, 2.24) is 36.8 Å². The number of hydrogen-bond acceptors (Lipinski definition) is 10. The molecule has 0 spiro atoms. The molecule has 1 aromatic carbocycles. The third kappa shape index (κ3) is 16.0. The van der Waals surface area contributed by atoms with Crippen LogP contribution >= 0.6 is 12.6 Å². The summed E-state index contributed by atoms with van der Waals surface area (Å²) in [5.74, 6) is -3.01. The Balaban J connectivity index is 2.68. The molecule has 0 radical (unpaired) electrons. The van der Waals surface area contributed by atoms with E-state index in [0.29, 0.717) is 32.4 Å². The number of aliphatic hydroxyl groups is 1. The van der Waals surface area contributed by atoms with Crippen molar-refractivity contribution in [3.8, 4) is 0 Å². The van der Waals surface area contributed by atoms with E-state index in [2.05, 4.69) is 44.5 Å². The van der Waals surface area contributed by atoms with Crippen LogP contribution in [-0.2, 0) is 35.2 Å². The molecule has 0 heterocycles. The monoisotopic (exact) mass is 666 g/mol. The summed E-state index contributed by atoms with van der Waals surface area (Å²) in [4.78, 5) is 76.3. The molecule has 258 valence electrons. The van der Waals surface area contributed by atoms with Crippen LogP contribution in [0.2, 0.25) is 0 Å². The molecule has 16 heteroatoms. The Kier molecular flexibility index (Phi) is 19.2. The van der Waals surface area contributed by atoms with Crippen molar-refractivity contribution in [2.45, 2.75) is 76.7 Å². The zero-order valence-electron chi connectivity index (χ0n) is 27.0. The highest BCUT2D eigenvalue weighted by Crippen LogP contribution is 2.04. The van der Waals surface area contributed by atoms with Gasteiger partial charge in [-0.2, -0.15) is 12.6 Å². The van der Waals surface area contributed by atoms with Crippen LogP contribution in [0.5, 0.6) is 0 Å². The number of likely N-dealkylation sites (N-methyl/N-ethyl adjacent to an activating group) is 1. The van der Waals surface area contributed by atoms with E-state index >= 15 is 0 Å². The molecule has 0 fully saturated rings. The van der Waals surface area contributed by atoms with Crippen LogP contribution in [0.15, 0.2) is 30.3 Å². The normalized spacial score (nSPS) is 14.2. The highest BCUT2D eigenvalue weighted by molar-refractivity contribution is 7.80. The number of nitrogens with two attached hydrogens (primary N) is 1. The lowest BCUT2D eigenvalue weighted by molar-refractivity contribution is -0.133. The third-order valence-electron chi connectivity index (χ3n) is 6.90. The Morgan fingerprint density at radius 3 is 1.98 bits per heavy atom. The van der Waals surface area contributed by atoms with Gasteiger partial charge in [0.25, 0.3) is 0 Å². The lowest BCUT2D eigenvalue weighted by atomic mass is 10.1. The van der Waals surface area contributed by atoms with Crippen molar-refractivity contribution in [1.29, 1.82) is 0 Å². The van der Waals surface area contributed by atoms with Crippen molar-refractivity contribution in [2.75, 3.05) is 39.2 Å². The van der Waals surface area contributed by atoms with Gasteiger partial charge in [0, 0.05) is 32.3 Å². The minimum absolute atomic E-state index is 0.0203. The summed E-state index contributed by atoms with van der Waals surface area (Å²) < 4.78 is 0. The molecule has 1 rings (SSSR count). The highest BCUT2D eigenvalue weighted by Gasteiger charge is 2.27. The fraction of sp³-hybridized carbons (Fsp3) is 0.600. The molecule has 5 atom stereocenters. The first-order valence-electron chi connectivity index (χ1n) is 15.2. The molecule has 0 saturated heterocycles. The molecule has 6 amide bonds. The van der Waals surface area contributed by atoms with Crippen LogP contribution < -0.4 is 37.6 Å².